The van der Waals surface area contributed by atoms with Gasteiger partial charge in [0.15, 0.2) is 0 Å². The highest BCUT2D eigenvalue weighted by Gasteiger charge is 2.19. The maximum absolute atomic E-state index is 9.83. The lowest BCUT2D eigenvalue weighted by Crippen LogP contribution is -2.23. The molecule has 2 unspecified atom stereocenters. The molecule has 0 bridgehead atoms. The van der Waals surface area contributed by atoms with Crippen molar-refractivity contribution in [2.45, 2.75) is 12.8 Å². The predicted octanol–water partition coefficient (Wildman–Crippen LogP) is 2.86. The number of rotatable bonds is 5. The van der Waals surface area contributed by atoms with Gasteiger partial charge in [-0.2, -0.15) is 0 Å². The molecule has 0 saturated carbocycles. The number of allylic oxidation sites excluding steroid dienone is 1. The Labute approximate surface area is 98.2 Å². The van der Waals surface area contributed by atoms with Crippen molar-refractivity contribution < 1.29 is 5.11 Å². The Kier molecular flexibility index (Phi) is 4.56. The molecule has 1 aromatic rings. The van der Waals surface area contributed by atoms with E-state index in [4.69, 9.17) is 0 Å². The van der Waals surface area contributed by atoms with Gasteiger partial charge in [0, 0.05) is 18.0 Å². The van der Waals surface area contributed by atoms with Crippen molar-refractivity contribution >= 4 is 0 Å². The Hall–Kier alpha value is -1.28. The highest BCUT2D eigenvalue weighted by Crippen LogP contribution is 2.32. The van der Waals surface area contributed by atoms with Crippen molar-refractivity contribution in [3.05, 3.63) is 42.5 Å². The zero-order chi connectivity index (χ0) is 12.1. The number of phenolic OH excluding ortho intramolecular Hbond substituents is 1. The van der Waals surface area contributed by atoms with E-state index in [9.17, 15) is 5.11 Å². The summed E-state index contributed by atoms with van der Waals surface area (Å²) in [5.74, 6) is 0.988. The molecule has 1 N–H and O–H groups in total. The number of hydrogen-bond donors (Lipinski definition) is 1. The average Bonchev–Trinajstić information content (AvgIpc) is 2.20. The van der Waals surface area contributed by atoms with Gasteiger partial charge in [-0.1, -0.05) is 31.2 Å². The molecule has 0 aromatic heterocycles. The van der Waals surface area contributed by atoms with Crippen LogP contribution in [0.5, 0.6) is 5.75 Å². The molecule has 0 aliphatic heterocycles. The van der Waals surface area contributed by atoms with E-state index >= 15 is 0 Å². The molecule has 2 atom stereocenters. The second kappa shape index (κ2) is 5.71. The molecule has 1 rings (SSSR count). The molecule has 16 heavy (non-hydrogen) atoms. The normalized spacial score (nSPS) is 14.8. The van der Waals surface area contributed by atoms with Crippen LogP contribution in [0.4, 0.5) is 0 Å². The van der Waals surface area contributed by atoms with Crippen LogP contribution in [0.2, 0.25) is 0 Å². The highest BCUT2D eigenvalue weighted by molar-refractivity contribution is 5.37. The van der Waals surface area contributed by atoms with Crippen LogP contribution in [0.15, 0.2) is 36.9 Å². The summed E-state index contributed by atoms with van der Waals surface area (Å²) in [5.41, 5.74) is 0.965. The first-order valence-corrected chi connectivity index (χ1v) is 5.61. The first-order valence-electron chi connectivity index (χ1n) is 5.61. The molecule has 0 radical (unpaired) electrons. The lowest BCUT2D eigenvalue weighted by molar-refractivity contribution is 0.320. The summed E-state index contributed by atoms with van der Waals surface area (Å²) in [6, 6.07) is 7.49. The molecule has 0 spiro atoms. The van der Waals surface area contributed by atoms with Gasteiger partial charge in [-0.3, -0.25) is 0 Å². The fourth-order valence-corrected chi connectivity index (χ4v) is 2.12. The van der Waals surface area contributed by atoms with Crippen molar-refractivity contribution in [1.29, 1.82) is 0 Å². The third-order valence-corrected chi connectivity index (χ3v) is 2.82. The second-order valence-corrected chi connectivity index (χ2v) is 4.56. The van der Waals surface area contributed by atoms with Crippen LogP contribution in [0.3, 0.4) is 0 Å². The van der Waals surface area contributed by atoms with E-state index in [-0.39, 0.29) is 5.92 Å². The Bertz CT molecular complexity index is 346. The molecule has 1 aromatic carbocycles. The van der Waals surface area contributed by atoms with Gasteiger partial charge in [-0.15, -0.1) is 6.58 Å². The molecule has 2 nitrogen and oxygen atoms in total. The van der Waals surface area contributed by atoms with Gasteiger partial charge in [0.1, 0.15) is 5.75 Å². The van der Waals surface area contributed by atoms with E-state index in [0.29, 0.717) is 11.7 Å². The molecule has 0 fully saturated rings. The van der Waals surface area contributed by atoms with Gasteiger partial charge < -0.3 is 10.0 Å². The second-order valence-electron chi connectivity index (χ2n) is 4.56. The summed E-state index contributed by atoms with van der Waals surface area (Å²) >= 11 is 0. The summed E-state index contributed by atoms with van der Waals surface area (Å²) in [6.45, 7) is 7.03. The van der Waals surface area contributed by atoms with Crippen molar-refractivity contribution in [2.24, 2.45) is 5.92 Å². The smallest absolute Gasteiger partial charge is 0.119 e. The van der Waals surface area contributed by atoms with Crippen LogP contribution in [0, 0.1) is 5.92 Å². The van der Waals surface area contributed by atoms with Crippen molar-refractivity contribution in [3.8, 4) is 5.75 Å². The summed E-state index contributed by atoms with van der Waals surface area (Å²) in [6.07, 6.45) is 1.92. The topological polar surface area (TPSA) is 23.5 Å². The summed E-state index contributed by atoms with van der Waals surface area (Å²) < 4.78 is 0. The lowest BCUT2D eigenvalue weighted by atomic mass is 9.86. The minimum Gasteiger partial charge on any atom is -0.508 e. The Morgan fingerprint density at radius 3 is 2.50 bits per heavy atom. The number of nitrogens with zero attached hydrogens (tertiary/aromatic N) is 1. The van der Waals surface area contributed by atoms with Crippen LogP contribution < -0.4 is 0 Å². The third-order valence-electron chi connectivity index (χ3n) is 2.82. The van der Waals surface area contributed by atoms with Gasteiger partial charge in [0.05, 0.1) is 0 Å². The summed E-state index contributed by atoms with van der Waals surface area (Å²) in [7, 11) is 4.11. The van der Waals surface area contributed by atoms with E-state index in [2.05, 4.69) is 32.5 Å². The Morgan fingerprint density at radius 1 is 1.38 bits per heavy atom. The standard InChI is InChI=1S/C14H21NO/c1-5-12(11(2)10-15(3)4)13-8-6-7-9-14(13)16/h5-9,11-12,16H,1,10H2,2-4H3. The monoisotopic (exact) mass is 219 g/mol. The first-order chi connectivity index (χ1) is 7.56. The van der Waals surface area contributed by atoms with Crippen molar-refractivity contribution in [3.63, 3.8) is 0 Å². The molecular formula is C14H21NO. The van der Waals surface area contributed by atoms with E-state index in [1.165, 1.54) is 0 Å². The fourth-order valence-electron chi connectivity index (χ4n) is 2.12. The van der Waals surface area contributed by atoms with Crippen LogP contribution in [0.25, 0.3) is 0 Å². The third kappa shape index (κ3) is 3.11. The number of benzene rings is 1. The number of aromatic hydroxyl groups is 1. The van der Waals surface area contributed by atoms with Crippen LogP contribution in [0.1, 0.15) is 18.4 Å². The van der Waals surface area contributed by atoms with Gasteiger partial charge in [-0.05, 0) is 26.1 Å². The number of para-hydroxylation sites is 1. The molecule has 88 valence electrons. The highest BCUT2D eigenvalue weighted by atomic mass is 16.3. The van der Waals surface area contributed by atoms with Gasteiger partial charge >= 0.3 is 0 Å². The van der Waals surface area contributed by atoms with Crippen LogP contribution in [-0.4, -0.2) is 30.6 Å². The van der Waals surface area contributed by atoms with E-state index in [1.54, 1.807) is 6.07 Å². The minimum atomic E-state index is 0.198. The molecule has 2 heteroatoms. The molecule has 0 aliphatic rings. The van der Waals surface area contributed by atoms with Crippen LogP contribution >= 0.6 is 0 Å². The molecular weight excluding hydrogens is 198 g/mol. The summed E-state index contributed by atoms with van der Waals surface area (Å²) in [4.78, 5) is 2.15. The quantitative estimate of drug-likeness (QED) is 0.770. The van der Waals surface area contributed by atoms with Gasteiger partial charge in [0.25, 0.3) is 0 Å². The number of hydrogen-bond acceptors (Lipinski definition) is 2. The molecule has 0 heterocycles. The maximum Gasteiger partial charge on any atom is 0.119 e. The summed E-state index contributed by atoms with van der Waals surface area (Å²) in [5, 5.41) is 9.83. The van der Waals surface area contributed by atoms with E-state index < -0.39 is 0 Å². The molecule has 0 aliphatic carbocycles. The molecule has 0 amide bonds. The molecule has 0 saturated heterocycles. The number of phenols is 1. The average molecular weight is 219 g/mol. The van der Waals surface area contributed by atoms with E-state index in [1.807, 2.05) is 24.3 Å². The fraction of sp³-hybridized carbons (Fsp3) is 0.429. The Balaban J connectivity index is 2.90. The van der Waals surface area contributed by atoms with Crippen molar-refractivity contribution in [2.75, 3.05) is 20.6 Å². The Morgan fingerprint density at radius 2 is 2.00 bits per heavy atom. The van der Waals surface area contributed by atoms with E-state index in [0.717, 1.165) is 12.1 Å². The van der Waals surface area contributed by atoms with Gasteiger partial charge in [-0.25, -0.2) is 0 Å². The zero-order valence-corrected chi connectivity index (χ0v) is 10.4. The van der Waals surface area contributed by atoms with Crippen molar-refractivity contribution in [1.82, 2.24) is 4.90 Å². The minimum absolute atomic E-state index is 0.198. The SMILES string of the molecule is C=CC(c1ccccc1O)C(C)CN(C)C. The maximum atomic E-state index is 9.83. The zero-order valence-electron chi connectivity index (χ0n) is 10.4. The van der Waals surface area contributed by atoms with Gasteiger partial charge in [0.2, 0.25) is 0 Å². The first kappa shape index (κ1) is 12.8. The predicted molar refractivity (Wildman–Crippen MR) is 68.8 cm³/mol. The largest absolute Gasteiger partial charge is 0.508 e. The lowest BCUT2D eigenvalue weighted by Gasteiger charge is -2.24. The van der Waals surface area contributed by atoms with Crippen LogP contribution in [-0.2, 0) is 0 Å².